The minimum absolute atomic E-state index is 0.342. The predicted molar refractivity (Wildman–Crippen MR) is 47.1 cm³/mol. The van der Waals surface area contributed by atoms with Crippen LogP contribution in [0.2, 0.25) is 4.31 Å². The maximum absolute atomic E-state index is 4.18. The van der Waals surface area contributed by atoms with Crippen LogP contribution in [0.15, 0.2) is 18.5 Å². The van der Waals surface area contributed by atoms with Crippen LogP contribution in [0.25, 0.3) is 0 Å². The van der Waals surface area contributed by atoms with Gasteiger partial charge in [-0.3, -0.25) is 0 Å². The molecule has 1 aromatic rings. The number of aromatic nitrogens is 2. The van der Waals surface area contributed by atoms with Crippen molar-refractivity contribution in [3.05, 3.63) is 18.5 Å². The fraction of sp³-hybridized carbons (Fsp3) is 0.500. The van der Waals surface area contributed by atoms with Crippen LogP contribution < -0.4 is 4.72 Å². The molecule has 60 valence electrons. The molecule has 0 amide bonds. The molecule has 1 rings (SSSR count). The molecule has 0 saturated heterocycles. The van der Waals surface area contributed by atoms with Crippen LogP contribution in [-0.2, 0) is 0 Å². The van der Waals surface area contributed by atoms with Gasteiger partial charge in [0.05, 0.1) is 0 Å². The molecule has 1 aromatic heterocycles. The van der Waals surface area contributed by atoms with E-state index in [1.165, 1.54) is 0 Å². The van der Waals surface area contributed by atoms with E-state index in [2.05, 4.69) is 30.7 Å². The molecule has 0 unspecified atom stereocenters. The molecule has 0 saturated carbocycles. The van der Waals surface area contributed by atoms with Gasteiger partial charge in [-0.2, -0.15) is 0 Å². The van der Waals surface area contributed by atoms with Crippen molar-refractivity contribution in [1.29, 1.82) is 0 Å². The molecule has 0 N–H and O–H groups in total. The Hall–Kier alpha value is -0.401. The first kappa shape index (κ1) is 8.69. The third-order valence-corrected chi connectivity index (χ3v) is 3.05. The molecule has 0 atom stereocenters. The average Bonchev–Trinajstić information content (AvgIpc) is 1.85. The zero-order valence-electron chi connectivity index (χ0n) is 7.03. The molecular weight excluding hydrogens is 203 g/mol. The fourth-order valence-corrected chi connectivity index (χ4v) is 2.24. The molecule has 3 heteroatoms. The van der Waals surface area contributed by atoms with E-state index in [-0.39, 0.29) is 0 Å². The summed E-state index contributed by atoms with van der Waals surface area (Å²) in [5, 5.41) is 0. The fourth-order valence-electron chi connectivity index (χ4n) is 0.612. The second-order valence-electron chi connectivity index (χ2n) is 3.25. The van der Waals surface area contributed by atoms with E-state index < -0.39 is 0 Å². The molecule has 0 radical (unpaired) electrons. The number of rotatable bonds is 1. The SMILES string of the molecule is CC(C)(C)[Se]c1ncccn1. The van der Waals surface area contributed by atoms with Gasteiger partial charge in [-0.25, -0.2) is 0 Å². The quantitative estimate of drug-likeness (QED) is 0.654. The molecule has 2 nitrogen and oxygen atoms in total. The Kier molecular flexibility index (Phi) is 2.63. The Morgan fingerprint density at radius 2 is 1.73 bits per heavy atom. The van der Waals surface area contributed by atoms with Crippen molar-refractivity contribution in [2.45, 2.75) is 25.1 Å². The third-order valence-electron chi connectivity index (χ3n) is 0.940. The molecule has 1 heterocycles. The molecule has 0 spiro atoms. The van der Waals surface area contributed by atoms with Crippen LogP contribution >= 0.6 is 0 Å². The summed E-state index contributed by atoms with van der Waals surface area (Å²) in [6.07, 6.45) is 3.60. The van der Waals surface area contributed by atoms with Crippen molar-refractivity contribution in [1.82, 2.24) is 9.97 Å². The van der Waals surface area contributed by atoms with Crippen LogP contribution in [-0.4, -0.2) is 24.9 Å². The summed E-state index contributed by atoms with van der Waals surface area (Å²) < 4.78 is 1.33. The molecular formula is C8H12N2Se. The van der Waals surface area contributed by atoms with Crippen LogP contribution in [0.4, 0.5) is 0 Å². The number of nitrogens with zero attached hydrogens (tertiary/aromatic N) is 2. The normalized spacial score (nSPS) is 11.5. The van der Waals surface area contributed by atoms with Gasteiger partial charge in [-0.05, 0) is 0 Å². The van der Waals surface area contributed by atoms with Gasteiger partial charge in [0.15, 0.2) is 0 Å². The summed E-state index contributed by atoms with van der Waals surface area (Å²) in [5.74, 6) is 0. The number of hydrogen-bond donors (Lipinski definition) is 0. The van der Waals surface area contributed by atoms with Crippen LogP contribution in [0.1, 0.15) is 20.8 Å². The van der Waals surface area contributed by atoms with Crippen molar-refractivity contribution in [2.24, 2.45) is 0 Å². The molecule has 0 aromatic carbocycles. The standard InChI is InChI=1S/C8H12N2Se/c1-8(2,3)11-7-9-5-4-6-10-7/h4-6H,1-3H3. The van der Waals surface area contributed by atoms with Crippen LogP contribution in [0.3, 0.4) is 0 Å². The number of hydrogen-bond acceptors (Lipinski definition) is 2. The van der Waals surface area contributed by atoms with Crippen LogP contribution in [0, 0.1) is 0 Å². The van der Waals surface area contributed by atoms with Crippen molar-refractivity contribution in [3.8, 4) is 0 Å². The van der Waals surface area contributed by atoms with E-state index >= 15 is 0 Å². The van der Waals surface area contributed by atoms with Gasteiger partial charge in [-0.15, -0.1) is 0 Å². The summed E-state index contributed by atoms with van der Waals surface area (Å²) in [6, 6.07) is 1.85. The Bertz CT molecular complexity index is 215. The first-order valence-corrected chi connectivity index (χ1v) is 5.25. The predicted octanol–water partition coefficient (Wildman–Crippen LogP) is 1.02. The summed E-state index contributed by atoms with van der Waals surface area (Å²) in [4.78, 5) is 8.36. The molecule has 0 aliphatic heterocycles. The summed E-state index contributed by atoms with van der Waals surface area (Å²) in [6.45, 7) is 6.64. The first-order valence-electron chi connectivity index (χ1n) is 3.54. The van der Waals surface area contributed by atoms with Gasteiger partial charge in [0, 0.05) is 0 Å². The molecule has 0 aliphatic rings. The third kappa shape index (κ3) is 3.49. The Labute approximate surface area is 73.6 Å². The van der Waals surface area contributed by atoms with Gasteiger partial charge in [0.25, 0.3) is 0 Å². The van der Waals surface area contributed by atoms with Crippen molar-refractivity contribution < 1.29 is 0 Å². The maximum atomic E-state index is 4.18. The van der Waals surface area contributed by atoms with E-state index in [4.69, 9.17) is 0 Å². The summed E-state index contributed by atoms with van der Waals surface area (Å²) in [7, 11) is 0. The summed E-state index contributed by atoms with van der Waals surface area (Å²) >= 11 is 0.383. The van der Waals surface area contributed by atoms with E-state index in [9.17, 15) is 0 Å². The van der Waals surface area contributed by atoms with Gasteiger partial charge in [-0.1, -0.05) is 0 Å². The monoisotopic (exact) mass is 216 g/mol. The van der Waals surface area contributed by atoms with Gasteiger partial charge < -0.3 is 0 Å². The summed E-state index contributed by atoms with van der Waals surface area (Å²) in [5.41, 5.74) is 0. The molecule has 11 heavy (non-hydrogen) atoms. The van der Waals surface area contributed by atoms with E-state index in [0.717, 1.165) is 4.72 Å². The van der Waals surface area contributed by atoms with E-state index in [1.807, 2.05) is 6.07 Å². The Morgan fingerprint density at radius 3 is 2.18 bits per heavy atom. The van der Waals surface area contributed by atoms with E-state index in [0.29, 0.717) is 19.3 Å². The molecule has 0 fully saturated rings. The second-order valence-corrected chi connectivity index (χ2v) is 7.01. The van der Waals surface area contributed by atoms with Crippen molar-refractivity contribution >= 4 is 19.7 Å². The van der Waals surface area contributed by atoms with Crippen molar-refractivity contribution in [2.75, 3.05) is 0 Å². The van der Waals surface area contributed by atoms with Gasteiger partial charge >= 0.3 is 73.2 Å². The zero-order chi connectivity index (χ0) is 8.32. The Morgan fingerprint density at radius 1 is 1.18 bits per heavy atom. The second kappa shape index (κ2) is 3.33. The Balaban J connectivity index is 2.66. The van der Waals surface area contributed by atoms with Crippen molar-refractivity contribution in [3.63, 3.8) is 0 Å². The molecule has 0 bridgehead atoms. The van der Waals surface area contributed by atoms with E-state index in [1.54, 1.807) is 12.4 Å². The zero-order valence-corrected chi connectivity index (χ0v) is 8.75. The van der Waals surface area contributed by atoms with Gasteiger partial charge in [0.1, 0.15) is 0 Å². The average molecular weight is 215 g/mol. The van der Waals surface area contributed by atoms with Gasteiger partial charge in [0.2, 0.25) is 0 Å². The molecule has 0 aliphatic carbocycles. The van der Waals surface area contributed by atoms with Crippen LogP contribution in [0.5, 0.6) is 0 Å². The topological polar surface area (TPSA) is 25.8 Å². The minimum atomic E-state index is 0.342. The first-order chi connectivity index (χ1) is 5.08.